The van der Waals surface area contributed by atoms with Crippen LogP contribution in [0, 0.1) is 5.92 Å². The van der Waals surface area contributed by atoms with Crippen LogP contribution in [0.4, 0.5) is 24.5 Å². The molecular formula is C42H40F3N7O7. The third kappa shape index (κ3) is 6.90. The second kappa shape index (κ2) is 14.6. The van der Waals surface area contributed by atoms with Crippen molar-refractivity contribution in [2.75, 3.05) is 42.7 Å². The van der Waals surface area contributed by atoms with Gasteiger partial charge in [-0.25, -0.2) is 0 Å². The van der Waals surface area contributed by atoms with E-state index in [1.165, 1.54) is 17.0 Å². The third-order valence-electron chi connectivity index (χ3n) is 12.3. The first-order chi connectivity index (χ1) is 28.3. The van der Waals surface area contributed by atoms with Crippen molar-refractivity contribution in [3.05, 3.63) is 100 Å². The Morgan fingerprint density at radius 2 is 1.68 bits per heavy atom. The van der Waals surface area contributed by atoms with Crippen molar-refractivity contribution >= 4 is 40.9 Å². The molecule has 4 aromatic rings. The fraction of sp³-hybridized carbons (Fsp3) is 0.405. The number of halogens is 3. The number of fused-ring (bicyclic) bond motifs is 2. The number of nitrogens with zero attached hydrogens (tertiary/aromatic N) is 6. The molecule has 5 aliphatic heterocycles. The van der Waals surface area contributed by atoms with E-state index in [9.17, 15) is 37.1 Å². The number of rotatable bonds is 10. The molecule has 17 heteroatoms. The summed E-state index contributed by atoms with van der Waals surface area (Å²) in [7, 11) is 1.86. The van der Waals surface area contributed by atoms with Crippen molar-refractivity contribution in [2.24, 2.45) is 13.0 Å². The molecule has 5 aliphatic rings. The minimum Gasteiger partial charge on any atom is -0.494 e. The van der Waals surface area contributed by atoms with Gasteiger partial charge in [0.05, 0.1) is 43.1 Å². The number of hydrogen-bond acceptors (Lipinski definition) is 10. The lowest BCUT2D eigenvalue weighted by molar-refractivity contribution is -0.138. The Morgan fingerprint density at radius 1 is 0.898 bits per heavy atom. The topological polar surface area (TPSA) is 156 Å². The molecule has 6 heterocycles. The number of aromatic nitrogens is 3. The van der Waals surface area contributed by atoms with E-state index in [0.717, 1.165) is 22.4 Å². The maximum atomic E-state index is 14.7. The zero-order valence-electron chi connectivity index (χ0n) is 32.1. The highest BCUT2D eigenvalue weighted by molar-refractivity contribution is 6.23. The average molecular weight is 812 g/mol. The van der Waals surface area contributed by atoms with Crippen LogP contribution in [0.5, 0.6) is 5.75 Å². The monoisotopic (exact) mass is 811 g/mol. The number of carbonyl (C=O) groups excluding carboxylic acids is 5. The Balaban J connectivity index is 0.840. The number of aryl methyl sites for hydroxylation is 1. The van der Waals surface area contributed by atoms with Crippen LogP contribution < -0.4 is 19.9 Å². The number of ether oxygens (including phenoxy) is 2. The van der Waals surface area contributed by atoms with E-state index in [1.54, 1.807) is 24.5 Å². The summed E-state index contributed by atoms with van der Waals surface area (Å²) < 4.78 is 57.4. The number of benzene rings is 3. The number of piperidine rings is 2. The van der Waals surface area contributed by atoms with Crippen LogP contribution in [0.25, 0.3) is 0 Å². The predicted octanol–water partition coefficient (Wildman–Crippen LogP) is 4.59. The first kappa shape index (κ1) is 38.4. The number of amides is 5. The normalized spacial score (nSPS) is 20.5. The Labute approximate surface area is 336 Å². The Morgan fingerprint density at radius 3 is 2.37 bits per heavy atom. The van der Waals surface area contributed by atoms with Crippen LogP contribution in [0.3, 0.4) is 0 Å². The highest BCUT2D eigenvalue weighted by atomic mass is 19.4. The summed E-state index contributed by atoms with van der Waals surface area (Å²) in [6.45, 7) is 1.96. The van der Waals surface area contributed by atoms with E-state index in [0.29, 0.717) is 75.7 Å². The van der Waals surface area contributed by atoms with Gasteiger partial charge in [0.1, 0.15) is 23.9 Å². The average Bonchev–Trinajstić information content (AvgIpc) is 3.84. The van der Waals surface area contributed by atoms with E-state index in [-0.39, 0.29) is 47.6 Å². The largest absolute Gasteiger partial charge is 0.494 e. The van der Waals surface area contributed by atoms with E-state index >= 15 is 0 Å². The summed E-state index contributed by atoms with van der Waals surface area (Å²) in [5.74, 6) is -1.46. The number of carbonyl (C=O) groups is 5. The zero-order valence-corrected chi connectivity index (χ0v) is 32.1. The maximum Gasteiger partial charge on any atom is 0.416 e. The van der Waals surface area contributed by atoms with Crippen molar-refractivity contribution in [3.8, 4) is 5.75 Å². The fourth-order valence-corrected chi connectivity index (χ4v) is 8.89. The number of nitrogens with one attached hydrogen (secondary N) is 1. The second-order valence-electron chi connectivity index (χ2n) is 16.0. The number of anilines is 2. The molecule has 0 radical (unpaired) electrons. The molecule has 14 nitrogen and oxygen atoms in total. The molecule has 0 bridgehead atoms. The minimum atomic E-state index is -4.67. The van der Waals surface area contributed by atoms with Gasteiger partial charge in [0.2, 0.25) is 11.8 Å². The fourth-order valence-electron chi connectivity index (χ4n) is 8.89. The molecule has 1 aromatic heterocycles. The molecule has 5 amide bonds. The first-order valence-electron chi connectivity index (χ1n) is 19.6. The van der Waals surface area contributed by atoms with Gasteiger partial charge in [0.15, 0.2) is 0 Å². The van der Waals surface area contributed by atoms with Crippen LogP contribution in [-0.2, 0) is 45.9 Å². The van der Waals surface area contributed by atoms with Gasteiger partial charge in [-0.3, -0.25) is 34.2 Å². The Bertz CT molecular complexity index is 2400. The van der Waals surface area contributed by atoms with Crippen molar-refractivity contribution in [2.45, 2.75) is 62.7 Å². The lowest BCUT2D eigenvalue weighted by atomic mass is 9.75. The molecule has 3 aromatic carbocycles. The molecule has 3 saturated heterocycles. The van der Waals surface area contributed by atoms with Gasteiger partial charge in [0.25, 0.3) is 17.7 Å². The molecule has 1 unspecified atom stereocenters. The first-order valence-corrected chi connectivity index (χ1v) is 19.6. The molecule has 1 atom stereocenters. The van der Waals surface area contributed by atoms with Crippen LogP contribution >= 0.6 is 0 Å². The van der Waals surface area contributed by atoms with E-state index in [4.69, 9.17) is 9.47 Å². The molecule has 0 spiro atoms. The smallest absolute Gasteiger partial charge is 0.416 e. The summed E-state index contributed by atoms with van der Waals surface area (Å²) in [5.41, 5.74) is 0.863. The SMILES string of the molecule is Cn1cnnc1CC1(c2cccc(N3Cc4c(cc(N5CCC(CCOc6ccc7c(c6)C(=O)N(C6CCC(=O)NC6=O)C7=O)CC5)cc4C(F)(F)F)C3=O)c2)COC1. The molecule has 59 heavy (non-hydrogen) atoms. The van der Waals surface area contributed by atoms with Gasteiger partial charge in [-0.2, -0.15) is 13.2 Å². The number of alkyl halides is 3. The van der Waals surface area contributed by atoms with Crippen LogP contribution in [0.1, 0.15) is 85.7 Å². The molecule has 3 fully saturated rings. The van der Waals surface area contributed by atoms with Crippen LogP contribution in [0.2, 0.25) is 0 Å². The zero-order chi connectivity index (χ0) is 41.2. The van der Waals surface area contributed by atoms with Crippen molar-refractivity contribution in [3.63, 3.8) is 0 Å². The van der Waals surface area contributed by atoms with Gasteiger partial charge >= 0.3 is 6.18 Å². The summed E-state index contributed by atoms with van der Waals surface area (Å²) in [6.07, 6.45) is -0.378. The highest BCUT2D eigenvalue weighted by Gasteiger charge is 2.46. The molecular weight excluding hydrogens is 771 g/mol. The van der Waals surface area contributed by atoms with Crippen LogP contribution in [0.15, 0.2) is 60.9 Å². The molecule has 1 N–H and O–H groups in total. The van der Waals surface area contributed by atoms with Gasteiger partial charge in [-0.15, -0.1) is 10.2 Å². The van der Waals surface area contributed by atoms with Crippen molar-refractivity contribution < 1.29 is 46.6 Å². The van der Waals surface area contributed by atoms with Crippen molar-refractivity contribution in [1.82, 2.24) is 25.0 Å². The highest BCUT2D eigenvalue weighted by Crippen LogP contribution is 2.43. The van der Waals surface area contributed by atoms with Gasteiger partial charge in [-0.1, -0.05) is 12.1 Å². The molecule has 9 rings (SSSR count). The molecule has 306 valence electrons. The number of imide groups is 2. The summed E-state index contributed by atoms with van der Waals surface area (Å²) in [6, 6.07) is 13.6. The summed E-state index contributed by atoms with van der Waals surface area (Å²) in [5, 5.41) is 10.4. The summed E-state index contributed by atoms with van der Waals surface area (Å²) in [4.78, 5) is 68.4. The Hall–Kier alpha value is -6.10. The van der Waals surface area contributed by atoms with Gasteiger partial charge in [0, 0.05) is 55.3 Å². The Kier molecular flexibility index (Phi) is 9.52. The lowest BCUT2D eigenvalue weighted by Gasteiger charge is -2.42. The van der Waals surface area contributed by atoms with E-state index < -0.39 is 52.7 Å². The standard InChI is InChI=1S/C42H40F3N7O7/c1-49-23-46-48-35(49)19-41(21-58-22-41)25-3-2-4-26(15-25)51-20-32-30(38(51)55)16-27(17-33(32)42(43,44)45)50-12-9-24(10-13-50)11-14-59-28-5-6-29-31(18-28)40(57)52(39(29)56)34-7-8-36(53)47-37(34)54/h2-6,15-18,23-24,34H,7-14,19-22H2,1H3,(H,47,53,54). The quantitative estimate of drug-likeness (QED) is 0.225. The third-order valence-corrected chi connectivity index (χ3v) is 12.3. The maximum absolute atomic E-state index is 14.7. The van der Waals surface area contributed by atoms with E-state index in [1.807, 2.05) is 34.7 Å². The second-order valence-corrected chi connectivity index (χ2v) is 16.0. The lowest BCUT2D eigenvalue weighted by Crippen LogP contribution is -2.54. The molecule has 0 saturated carbocycles. The van der Waals surface area contributed by atoms with Crippen molar-refractivity contribution in [1.29, 1.82) is 0 Å². The molecule has 0 aliphatic carbocycles. The van der Waals surface area contributed by atoms with E-state index in [2.05, 4.69) is 15.5 Å². The minimum absolute atomic E-state index is 0.0258. The van der Waals surface area contributed by atoms with Gasteiger partial charge < -0.3 is 23.8 Å². The summed E-state index contributed by atoms with van der Waals surface area (Å²) >= 11 is 0. The van der Waals surface area contributed by atoms with Gasteiger partial charge in [-0.05, 0) is 85.2 Å². The predicted molar refractivity (Wildman–Crippen MR) is 204 cm³/mol. The van der Waals surface area contributed by atoms with Crippen LogP contribution in [-0.4, -0.2) is 88.2 Å². The number of hydrogen-bond donors (Lipinski definition) is 1.